The standard InChI is InChI=1S/C8H7ClO2/c1-5(9)7-4-6(10)2-3-8(7)11/h2-5H,1H3. The lowest BCUT2D eigenvalue weighted by Crippen LogP contribution is -2.13. The minimum atomic E-state index is -0.392. The van der Waals surface area contributed by atoms with E-state index in [1.165, 1.54) is 18.2 Å². The van der Waals surface area contributed by atoms with Gasteiger partial charge >= 0.3 is 0 Å². The summed E-state index contributed by atoms with van der Waals surface area (Å²) in [7, 11) is 0. The third kappa shape index (κ3) is 1.77. The number of ketones is 2. The van der Waals surface area contributed by atoms with Gasteiger partial charge in [0.05, 0.1) is 5.38 Å². The van der Waals surface area contributed by atoms with Crippen molar-refractivity contribution in [2.45, 2.75) is 12.3 Å². The first-order valence-electron chi connectivity index (χ1n) is 3.23. The number of alkyl halides is 1. The SMILES string of the molecule is CC(Cl)C1=CC(=O)C=CC1=O. The molecule has 0 aliphatic heterocycles. The Morgan fingerprint density at radius 3 is 2.45 bits per heavy atom. The van der Waals surface area contributed by atoms with Gasteiger partial charge in [-0.15, -0.1) is 11.6 Å². The molecule has 1 unspecified atom stereocenters. The summed E-state index contributed by atoms with van der Waals surface area (Å²) in [5.41, 5.74) is 0.374. The van der Waals surface area contributed by atoms with Crippen molar-refractivity contribution in [1.82, 2.24) is 0 Å². The van der Waals surface area contributed by atoms with Crippen LogP contribution in [0.1, 0.15) is 6.92 Å². The fourth-order valence-electron chi connectivity index (χ4n) is 0.837. The molecule has 0 amide bonds. The Labute approximate surface area is 69.5 Å². The van der Waals surface area contributed by atoms with Crippen molar-refractivity contribution in [1.29, 1.82) is 0 Å². The van der Waals surface area contributed by atoms with Gasteiger partial charge in [-0.1, -0.05) is 0 Å². The Morgan fingerprint density at radius 1 is 1.36 bits per heavy atom. The molecule has 0 saturated carbocycles. The molecule has 2 nitrogen and oxygen atoms in total. The number of rotatable bonds is 1. The van der Waals surface area contributed by atoms with E-state index < -0.39 is 5.38 Å². The second kappa shape index (κ2) is 3.01. The van der Waals surface area contributed by atoms with Crippen molar-refractivity contribution in [2.75, 3.05) is 0 Å². The second-order valence-electron chi connectivity index (χ2n) is 2.32. The fraction of sp³-hybridized carbons (Fsp3) is 0.250. The smallest absolute Gasteiger partial charge is 0.183 e. The van der Waals surface area contributed by atoms with Crippen molar-refractivity contribution in [2.24, 2.45) is 0 Å². The van der Waals surface area contributed by atoms with Crippen LogP contribution in [0, 0.1) is 0 Å². The molecule has 1 aliphatic carbocycles. The van der Waals surface area contributed by atoms with Gasteiger partial charge in [0.1, 0.15) is 0 Å². The maximum atomic E-state index is 11.0. The molecule has 0 aromatic carbocycles. The molecular weight excluding hydrogens is 164 g/mol. The number of hydrogen-bond donors (Lipinski definition) is 0. The van der Waals surface area contributed by atoms with Crippen molar-refractivity contribution in [3.05, 3.63) is 23.8 Å². The average molecular weight is 171 g/mol. The Morgan fingerprint density at radius 2 is 2.00 bits per heavy atom. The van der Waals surface area contributed by atoms with Crippen LogP contribution in [0.2, 0.25) is 0 Å². The lowest BCUT2D eigenvalue weighted by Gasteiger charge is -2.07. The van der Waals surface area contributed by atoms with Gasteiger partial charge < -0.3 is 0 Å². The molecule has 0 aromatic rings. The monoisotopic (exact) mass is 170 g/mol. The van der Waals surface area contributed by atoms with E-state index in [1.807, 2.05) is 0 Å². The number of allylic oxidation sites excluding steroid dienone is 4. The van der Waals surface area contributed by atoms with E-state index in [0.29, 0.717) is 5.57 Å². The molecule has 0 saturated heterocycles. The van der Waals surface area contributed by atoms with Gasteiger partial charge in [-0.25, -0.2) is 0 Å². The normalized spacial score (nSPS) is 20.0. The molecule has 0 fully saturated rings. The highest BCUT2D eigenvalue weighted by Crippen LogP contribution is 2.14. The third-order valence-electron chi connectivity index (χ3n) is 1.41. The molecular formula is C8H7ClO2. The fourth-order valence-corrected chi connectivity index (χ4v) is 1.01. The second-order valence-corrected chi connectivity index (χ2v) is 2.97. The van der Waals surface area contributed by atoms with Crippen LogP contribution in [-0.2, 0) is 9.59 Å². The zero-order chi connectivity index (χ0) is 8.43. The van der Waals surface area contributed by atoms with Crippen LogP contribution < -0.4 is 0 Å². The maximum Gasteiger partial charge on any atom is 0.183 e. The summed E-state index contributed by atoms with van der Waals surface area (Å²) >= 11 is 5.64. The van der Waals surface area contributed by atoms with Gasteiger partial charge in [0.2, 0.25) is 0 Å². The summed E-state index contributed by atoms with van der Waals surface area (Å²) in [6.07, 6.45) is 3.77. The molecule has 11 heavy (non-hydrogen) atoms. The zero-order valence-corrected chi connectivity index (χ0v) is 6.76. The summed E-state index contributed by atoms with van der Waals surface area (Å²) in [4.78, 5) is 21.7. The molecule has 1 rings (SSSR count). The van der Waals surface area contributed by atoms with Crippen LogP contribution in [0.5, 0.6) is 0 Å². The summed E-state index contributed by atoms with van der Waals surface area (Å²) in [5, 5.41) is -0.392. The quantitative estimate of drug-likeness (QED) is 0.439. The van der Waals surface area contributed by atoms with Gasteiger partial charge in [0, 0.05) is 5.57 Å². The van der Waals surface area contributed by atoms with Crippen LogP contribution >= 0.6 is 11.6 Å². The summed E-state index contributed by atoms with van der Waals surface area (Å²) in [5.74, 6) is -0.348. The molecule has 0 radical (unpaired) electrons. The van der Waals surface area contributed by atoms with E-state index in [4.69, 9.17) is 11.6 Å². The van der Waals surface area contributed by atoms with E-state index in [1.54, 1.807) is 6.92 Å². The molecule has 58 valence electrons. The predicted molar refractivity (Wildman–Crippen MR) is 42.6 cm³/mol. The first-order valence-corrected chi connectivity index (χ1v) is 3.67. The molecule has 0 spiro atoms. The van der Waals surface area contributed by atoms with Crippen molar-refractivity contribution in [3.8, 4) is 0 Å². The molecule has 0 aromatic heterocycles. The Kier molecular flexibility index (Phi) is 2.25. The number of hydrogen-bond acceptors (Lipinski definition) is 2. The van der Waals surface area contributed by atoms with Crippen molar-refractivity contribution >= 4 is 23.2 Å². The van der Waals surface area contributed by atoms with E-state index in [9.17, 15) is 9.59 Å². The molecule has 0 heterocycles. The largest absolute Gasteiger partial charge is 0.290 e. The molecule has 1 aliphatic rings. The van der Waals surface area contributed by atoms with Crippen LogP contribution in [0.15, 0.2) is 23.8 Å². The van der Waals surface area contributed by atoms with Crippen LogP contribution in [0.3, 0.4) is 0 Å². The van der Waals surface area contributed by atoms with Gasteiger partial charge in [0.15, 0.2) is 11.6 Å². The Bertz CT molecular complexity index is 261. The number of carbonyl (C=O) groups is 2. The molecule has 3 heteroatoms. The van der Waals surface area contributed by atoms with Gasteiger partial charge in [-0.05, 0) is 25.2 Å². The van der Waals surface area contributed by atoms with Gasteiger partial charge in [-0.3, -0.25) is 9.59 Å². The van der Waals surface area contributed by atoms with E-state index in [2.05, 4.69) is 0 Å². The molecule has 0 bridgehead atoms. The van der Waals surface area contributed by atoms with Crippen LogP contribution in [-0.4, -0.2) is 16.9 Å². The van der Waals surface area contributed by atoms with Crippen LogP contribution in [0.25, 0.3) is 0 Å². The van der Waals surface area contributed by atoms with E-state index >= 15 is 0 Å². The highest BCUT2D eigenvalue weighted by atomic mass is 35.5. The first kappa shape index (κ1) is 8.21. The zero-order valence-electron chi connectivity index (χ0n) is 6.00. The highest BCUT2D eigenvalue weighted by molar-refractivity contribution is 6.29. The minimum Gasteiger partial charge on any atom is -0.290 e. The topological polar surface area (TPSA) is 34.1 Å². The lowest BCUT2D eigenvalue weighted by molar-refractivity contribution is -0.114. The van der Waals surface area contributed by atoms with Gasteiger partial charge in [-0.2, -0.15) is 0 Å². The summed E-state index contributed by atoms with van der Waals surface area (Å²) in [6.45, 7) is 1.66. The Balaban J connectivity index is 2.94. The number of carbonyl (C=O) groups excluding carboxylic acids is 2. The average Bonchev–Trinajstić information content (AvgIpc) is 1.94. The number of halogens is 1. The summed E-state index contributed by atoms with van der Waals surface area (Å²) in [6, 6.07) is 0. The minimum absolute atomic E-state index is 0.174. The molecule has 0 N–H and O–H groups in total. The Hall–Kier alpha value is -0.890. The van der Waals surface area contributed by atoms with E-state index in [0.717, 1.165) is 0 Å². The van der Waals surface area contributed by atoms with E-state index in [-0.39, 0.29) is 11.6 Å². The third-order valence-corrected chi connectivity index (χ3v) is 1.64. The maximum absolute atomic E-state index is 11.0. The van der Waals surface area contributed by atoms with Gasteiger partial charge in [0.25, 0.3) is 0 Å². The van der Waals surface area contributed by atoms with Crippen LogP contribution in [0.4, 0.5) is 0 Å². The predicted octanol–water partition coefficient (Wildman–Crippen LogP) is 1.25. The lowest BCUT2D eigenvalue weighted by atomic mass is 10.0. The highest BCUT2D eigenvalue weighted by Gasteiger charge is 2.16. The molecule has 1 atom stereocenters. The van der Waals surface area contributed by atoms with Crippen molar-refractivity contribution in [3.63, 3.8) is 0 Å². The van der Waals surface area contributed by atoms with Crippen molar-refractivity contribution < 1.29 is 9.59 Å². The summed E-state index contributed by atoms with van der Waals surface area (Å²) < 4.78 is 0. The first-order chi connectivity index (χ1) is 5.11.